The molecular formula is C19H15N5O3S. The fourth-order valence-electron chi connectivity index (χ4n) is 2.87. The van der Waals surface area contributed by atoms with Crippen molar-refractivity contribution in [2.45, 2.75) is 13.5 Å². The molecule has 0 unspecified atom stereocenters. The van der Waals surface area contributed by atoms with E-state index in [0.29, 0.717) is 33.3 Å². The van der Waals surface area contributed by atoms with Gasteiger partial charge in [0, 0.05) is 17.7 Å². The summed E-state index contributed by atoms with van der Waals surface area (Å²) >= 11 is 1.27. The van der Waals surface area contributed by atoms with Crippen LogP contribution in [0.1, 0.15) is 17.3 Å². The topological polar surface area (TPSA) is 110 Å². The van der Waals surface area contributed by atoms with Crippen molar-refractivity contribution in [3.05, 3.63) is 74.8 Å². The zero-order valence-electron chi connectivity index (χ0n) is 14.8. The third kappa shape index (κ3) is 3.23. The molecule has 0 aliphatic heterocycles. The summed E-state index contributed by atoms with van der Waals surface area (Å²) in [5, 5.41) is 11.9. The van der Waals surface area contributed by atoms with Gasteiger partial charge in [0.2, 0.25) is 5.13 Å². The fourth-order valence-corrected chi connectivity index (χ4v) is 3.62. The van der Waals surface area contributed by atoms with Crippen molar-refractivity contribution in [2.75, 3.05) is 5.32 Å². The molecule has 0 saturated carbocycles. The number of aryl methyl sites for hydroxylation is 1. The van der Waals surface area contributed by atoms with Gasteiger partial charge in [0.25, 0.3) is 5.91 Å². The molecule has 2 N–H and O–H groups in total. The number of anilines is 1. The number of carbonyl (C=O) groups excluding carboxylic acids is 1. The van der Waals surface area contributed by atoms with Crippen molar-refractivity contribution < 1.29 is 4.79 Å². The number of H-pyrrole nitrogens is 1. The Morgan fingerprint density at radius 2 is 1.93 bits per heavy atom. The summed E-state index contributed by atoms with van der Waals surface area (Å²) in [5.41, 5.74) is 0.896. The Balaban J connectivity index is 1.63. The maximum Gasteiger partial charge on any atom is 0.316 e. The van der Waals surface area contributed by atoms with Crippen LogP contribution in [0.2, 0.25) is 0 Å². The van der Waals surface area contributed by atoms with E-state index in [1.165, 1.54) is 22.0 Å². The first-order valence-electron chi connectivity index (χ1n) is 8.54. The second-order valence-corrected chi connectivity index (χ2v) is 6.95. The van der Waals surface area contributed by atoms with Crippen LogP contribution in [0.15, 0.2) is 58.1 Å². The van der Waals surface area contributed by atoms with Gasteiger partial charge in [-0.15, -0.1) is 10.2 Å². The van der Waals surface area contributed by atoms with Crippen LogP contribution in [0, 0.1) is 0 Å². The summed E-state index contributed by atoms with van der Waals surface area (Å²) in [4.78, 5) is 38.8. The summed E-state index contributed by atoms with van der Waals surface area (Å²) in [7, 11) is 0. The number of amides is 1. The number of rotatable bonds is 4. The Kier molecular flexibility index (Phi) is 4.58. The van der Waals surface area contributed by atoms with Gasteiger partial charge in [-0.2, -0.15) is 0 Å². The normalized spacial score (nSPS) is 10.9. The van der Waals surface area contributed by atoms with E-state index >= 15 is 0 Å². The van der Waals surface area contributed by atoms with Gasteiger partial charge < -0.3 is 9.55 Å². The first-order valence-corrected chi connectivity index (χ1v) is 9.35. The van der Waals surface area contributed by atoms with Gasteiger partial charge >= 0.3 is 11.1 Å². The maximum absolute atomic E-state index is 12.6. The molecule has 0 aliphatic rings. The van der Waals surface area contributed by atoms with E-state index in [2.05, 4.69) is 20.5 Å². The monoisotopic (exact) mass is 393 g/mol. The zero-order chi connectivity index (χ0) is 19.7. The molecule has 9 heteroatoms. The number of nitrogens with zero attached hydrogens (tertiary/aromatic N) is 3. The number of nitrogens with one attached hydrogen (secondary N) is 2. The molecule has 2 aromatic carbocycles. The molecule has 0 bridgehead atoms. The number of carbonyl (C=O) groups is 1. The lowest BCUT2D eigenvalue weighted by atomic mass is 10.2. The lowest BCUT2D eigenvalue weighted by Crippen LogP contribution is -2.36. The molecule has 1 amide bonds. The Morgan fingerprint density at radius 1 is 1.14 bits per heavy atom. The van der Waals surface area contributed by atoms with E-state index in [-0.39, 0.29) is 5.91 Å². The van der Waals surface area contributed by atoms with Crippen LogP contribution >= 0.6 is 11.3 Å². The highest BCUT2D eigenvalue weighted by Crippen LogP contribution is 2.26. The molecule has 0 saturated heterocycles. The largest absolute Gasteiger partial charge is 0.316 e. The highest BCUT2D eigenvalue weighted by Gasteiger charge is 2.13. The van der Waals surface area contributed by atoms with Crippen LogP contribution in [0.5, 0.6) is 0 Å². The lowest BCUT2D eigenvalue weighted by Gasteiger charge is -2.08. The van der Waals surface area contributed by atoms with Gasteiger partial charge in [0.05, 0.1) is 11.0 Å². The van der Waals surface area contributed by atoms with Crippen LogP contribution in [-0.4, -0.2) is 25.7 Å². The first kappa shape index (κ1) is 17.8. The summed E-state index contributed by atoms with van der Waals surface area (Å²) in [6.07, 6.45) is 0. The molecule has 0 fully saturated rings. The van der Waals surface area contributed by atoms with Gasteiger partial charge in [-0.1, -0.05) is 41.7 Å². The second-order valence-electron chi connectivity index (χ2n) is 5.97. The van der Waals surface area contributed by atoms with E-state index in [1.54, 1.807) is 19.1 Å². The SMILES string of the molecule is CCn1c(=O)c(=O)[nH]c2cc(C(=O)Nc3nnc(-c4ccccc4)s3)ccc21. The van der Waals surface area contributed by atoms with Gasteiger partial charge in [-0.25, -0.2) is 0 Å². The molecule has 140 valence electrons. The summed E-state index contributed by atoms with van der Waals surface area (Å²) in [6.45, 7) is 2.14. The molecule has 0 aliphatic carbocycles. The third-order valence-electron chi connectivity index (χ3n) is 4.22. The standard InChI is InChI=1S/C19H15N5O3S/c1-2-24-14-9-8-12(10-13(14)20-16(26)18(24)27)15(25)21-19-23-22-17(28-19)11-6-4-3-5-7-11/h3-10H,2H2,1H3,(H,20,26)(H,21,23,25). The summed E-state index contributed by atoms with van der Waals surface area (Å²) in [5.74, 6) is -0.382. The highest BCUT2D eigenvalue weighted by molar-refractivity contribution is 7.18. The van der Waals surface area contributed by atoms with Crippen molar-refractivity contribution in [2.24, 2.45) is 0 Å². The van der Waals surface area contributed by atoms with Crippen LogP contribution in [-0.2, 0) is 6.54 Å². The fraction of sp³-hybridized carbons (Fsp3) is 0.105. The minimum absolute atomic E-state index is 0.334. The molecule has 0 atom stereocenters. The zero-order valence-corrected chi connectivity index (χ0v) is 15.6. The number of fused-ring (bicyclic) bond motifs is 1. The predicted octanol–water partition coefficient (Wildman–Crippen LogP) is 2.48. The molecule has 4 aromatic rings. The molecular weight excluding hydrogens is 378 g/mol. The van der Waals surface area contributed by atoms with Gasteiger partial charge in [-0.05, 0) is 25.1 Å². The lowest BCUT2D eigenvalue weighted by molar-refractivity contribution is 0.102. The van der Waals surface area contributed by atoms with Gasteiger partial charge in [0.1, 0.15) is 5.01 Å². The number of hydrogen-bond donors (Lipinski definition) is 2. The number of aromatic nitrogens is 4. The molecule has 2 heterocycles. The molecule has 0 spiro atoms. The van der Waals surface area contributed by atoms with Gasteiger partial charge in [-0.3, -0.25) is 19.7 Å². The maximum atomic E-state index is 12.6. The van der Waals surface area contributed by atoms with Crippen molar-refractivity contribution >= 4 is 33.4 Å². The van der Waals surface area contributed by atoms with Crippen LogP contribution < -0.4 is 16.4 Å². The third-order valence-corrected chi connectivity index (χ3v) is 5.11. The average molecular weight is 393 g/mol. The van der Waals surface area contributed by atoms with Crippen molar-refractivity contribution in [1.29, 1.82) is 0 Å². The van der Waals surface area contributed by atoms with E-state index in [4.69, 9.17) is 0 Å². The van der Waals surface area contributed by atoms with Crippen molar-refractivity contribution in [3.63, 3.8) is 0 Å². The minimum atomic E-state index is -0.719. The van der Waals surface area contributed by atoms with Crippen molar-refractivity contribution in [1.82, 2.24) is 19.7 Å². The molecule has 2 aromatic heterocycles. The average Bonchev–Trinajstić information content (AvgIpc) is 3.18. The van der Waals surface area contributed by atoms with Crippen molar-refractivity contribution in [3.8, 4) is 10.6 Å². The van der Waals surface area contributed by atoms with Crippen LogP contribution in [0.25, 0.3) is 21.6 Å². The van der Waals surface area contributed by atoms with Crippen LogP contribution in [0.3, 0.4) is 0 Å². The highest BCUT2D eigenvalue weighted by atomic mass is 32.1. The van der Waals surface area contributed by atoms with Crippen LogP contribution in [0.4, 0.5) is 5.13 Å². The Labute approximate surface area is 162 Å². The minimum Gasteiger partial charge on any atom is -0.316 e. The Hall–Kier alpha value is -3.59. The number of aromatic amines is 1. The van der Waals surface area contributed by atoms with E-state index in [0.717, 1.165) is 5.56 Å². The molecule has 28 heavy (non-hydrogen) atoms. The Morgan fingerprint density at radius 3 is 2.68 bits per heavy atom. The van der Waals surface area contributed by atoms with Gasteiger partial charge in [0.15, 0.2) is 0 Å². The molecule has 4 rings (SSSR count). The number of hydrogen-bond acceptors (Lipinski definition) is 6. The molecule has 0 radical (unpaired) electrons. The predicted molar refractivity (Wildman–Crippen MR) is 108 cm³/mol. The van der Waals surface area contributed by atoms with E-state index in [9.17, 15) is 14.4 Å². The quantitative estimate of drug-likeness (QED) is 0.518. The summed E-state index contributed by atoms with van der Waals surface area (Å²) < 4.78 is 1.37. The molecule has 8 nitrogen and oxygen atoms in total. The number of benzene rings is 2. The van der Waals surface area contributed by atoms with E-state index < -0.39 is 11.1 Å². The van der Waals surface area contributed by atoms with E-state index in [1.807, 2.05) is 30.3 Å². The smallest absolute Gasteiger partial charge is 0.316 e. The second kappa shape index (κ2) is 7.20. The first-order chi connectivity index (χ1) is 13.6. The Bertz CT molecular complexity index is 1290. The summed E-state index contributed by atoms with van der Waals surface area (Å²) in [6, 6.07) is 14.3.